The highest BCUT2D eigenvalue weighted by Crippen LogP contribution is 2.16. The van der Waals surface area contributed by atoms with Crippen molar-refractivity contribution in [2.24, 2.45) is 5.10 Å². The highest BCUT2D eigenvalue weighted by Gasteiger charge is 2.10. The second-order valence-electron chi connectivity index (χ2n) is 5.97. The molecule has 0 saturated carbocycles. The number of halogens is 1. The number of rotatable bonds is 6. The number of non-ortho nitro benzene ring substituents is 1. The second kappa shape index (κ2) is 9.44. The van der Waals surface area contributed by atoms with Crippen molar-refractivity contribution in [1.29, 1.82) is 0 Å². The standard InChI is InChI=1S/C21H14ClN3O5/c22-17-3-1-2-16(12-17)21(27)30-19-10-4-14(5-11-19)13-23-24-20(26)15-6-8-18(9-7-15)25(28)29/h1-13H,(H,24,26)/b23-13+. The predicted molar refractivity (Wildman–Crippen MR) is 111 cm³/mol. The van der Waals surface area contributed by atoms with Crippen LogP contribution in [0.5, 0.6) is 5.75 Å². The van der Waals surface area contributed by atoms with Crippen molar-refractivity contribution in [2.75, 3.05) is 0 Å². The van der Waals surface area contributed by atoms with Crippen LogP contribution < -0.4 is 10.2 Å². The molecule has 3 aromatic carbocycles. The largest absolute Gasteiger partial charge is 0.423 e. The summed E-state index contributed by atoms with van der Waals surface area (Å²) >= 11 is 5.86. The van der Waals surface area contributed by atoms with Crippen LogP contribution in [0.15, 0.2) is 77.9 Å². The number of nitro groups is 1. The molecule has 0 fully saturated rings. The Bertz CT molecular complexity index is 1110. The van der Waals surface area contributed by atoms with Gasteiger partial charge in [-0.1, -0.05) is 17.7 Å². The van der Waals surface area contributed by atoms with Crippen LogP contribution in [0, 0.1) is 10.1 Å². The van der Waals surface area contributed by atoms with E-state index in [0.717, 1.165) is 0 Å². The number of nitrogens with one attached hydrogen (secondary N) is 1. The molecule has 0 spiro atoms. The Morgan fingerprint density at radius 2 is 1.70 bits per heavy atom. The Morgan fingerprint density at radius 1 is 1.00 bits per heavy atom. The van der Waals surface area contributed by atoms with E-state index in [2.05, 4.69) is 10.5 Å². The first-order valence-corrected chi connectivity index (χ1v) is 8.96. The van der Waals surface area contributed by atoms with Gasteiger partial charge >= 0.3 is 5.97 Å². The molecule has 0 atom stereocenters. The van der Waals surface area contributed by atoms with Crippen molar-refractivity contribution in [1.82, 2.24) is 5.43 Å². The van der Waals surface area contributed by atoms with Crippen molar-refractivity contribution in [3.8, 4) is 5.75 Å². The first-order chi connectivity index (χ1) is 14.4. The Labute approximate surface area is 175 Å². The molecule has 9 heteroatoms. The molecule has 3 rings (SSSR count). The third kappa shape index (κ3) is 5.49. The van der Waals surface area contributed by atoms with E-state index in [-0.39, 0.29) is 11.3 Å². The molecule has 30 heavy (non-hydrogen) atoms. The Morgan fingerprint density at radius 3 is 2.33 bits per heavy atom. The molecule has 0 saturated heterocycles. The fraction of sp³-hybridized carbons (Fsp3) is 0. The molecule has 3 aromatic rings. The average molecular weight is 424 g/mol. The lowest BCUT2D eigenvalue weighted by Crippen LogP contribution is -2.17. The van der Waals surface area contributed by atoms with Crippen LogP contribution in [0.3, 0.4) is 0 Å². The Kier molecular flexibility index (Phi) is 6.51. The highest BCUT2D eigenvalue weighted by molar-refractivity contribution is 6.30. The molecule has 1 N–H and O–H groups in total. The summed E-state index contributed by atoms with van der Waals surface area (Å²) in [7, 11) is 0. The van der Waals surface area contributed by atoms with Gasteiger partial charge in [0.15, 0.2) is 0 Å². The zero-order valence-corrected chi connectivity index (χ0v) is 16.1. The lowest BCUT2D eigenvalue weighted by Gasteiger charge is -2.05. The number of hydrogen-bond acceptors (Lipinski definition) is 6. The summed E-state index contributed by atoms with van der Waals surface area (Å²) in [6.45, 7) is 0. The average Bonchev–Trinajstić information content (AvgIpc) is 2.75. The van der Waals surface area contributed by atoms with Crippen LogP contribution in [0.4, 0.5) is 5.69 Å². The SMILES string of the molecule is O=C(N/N=C/c1ccc(OC(=O)c2cccc(Cl)c2)cc1)c1ccc([N+](=O)[O-])cc1. The van der Waals surface area contributed by atoms with Crippen LogP contribution >= 0.6 is 11.6 Å². The number of carbonyl (C=O) groups excluding carboxylic acids is 2. The zero-order chi connectivity index (χ0) is 21.5. The van der Waals surface area contributed by atoms with Crippen molar-refractivity contribution < 1.29 is 19.2 Å². The molecule has 8 nitrogen and oxygen atoms in total. The monoisotopic (exact) mass is 423 g/mol. The van der Waals surface area contributed by atoms with Gasteiger partial charge in [-0.25, -0.2) is 10.2 Å². The van der Waals surface area contributed by atoms with E-state index in [1.807, 2.05) is 0 Å². The number of hydrogen-bond donors (Lipinski definition) is 1. The van der Waals surface area contributed by atoms with Crippen molar-refractivity contribution in [3.63, 3.8) is 0 Å². The predicted octanol–water partition coefficient (Wildman–Crippen LogP) is 4.23. The molecule has 0 bridgehead atoms. The van der Waals surface area contributed by atoms with E-state index < -0.39 is 16.8 Å². The third-order valence-corrected chi connectivity index (χ3v) is 4.11. The maximum Gasteiger partial charge on any atom is 0.343 e. The minimum absolute atomic E-state index is 0.105. The number of esters is 1. The lowest BCUT2D eigenvalue weighted by atomic mass is 10.2. The van der Waals surface area contributed by atoms with Gasteiger partial charge < -0.3 is 4.74 Å². The van der Waals surface area contributed by atoms with Gasteiger partial charge in [-0.05, 0) is 60.2 Å². The maximum absolute atomic E-state index is 12.1. The molecule has 0 aromatic heterocycles. The van der Waals surface area contributed by atoms with Gasteiger partial charge in [0, 0.05) is 22.7 Å². The molecular weight excluding hydrogens is 410 g/mol. The number of amides is 1. The molecule has 0 aliphatic heterocycles. The normalized spacial score (nSPS) is 10.6. The molecule has 0 aliphatic rings. The second-order valence-corrected chi connectivity index (χ2v) is 6.41. The number of nitrogens with zero attached hydrogens (tertiary/aromatic N) is 2. The summed E-state index contributed by atoms with van der Waals surface area (Å²) in [6, 6.07) is 18.1. The van der Waals surface area contributed by atoms with Crippen LogP contribution in [-0.2, 0) is 0 Å². The van der Waals surface area contributed by atoms with E-state index in [0.29, 0.717) is 21.9 Å². The summed E-state index contributed by atoms with van der Waals surface area (Å²) < 4.78 is 5.28. The number of nitro benzene ring substituents is 1. The van der Waals surface area contributed by atoms with Crippen LogP contribution in [0.2, 0.25) is 5.02 Å². The molecule has 0 radical (unpaired) electrons. The third-order valence-electron chi connectivity index (χ3n) is 3.87. The van der Waals surface area contributed by atoms with Crippen molar-refractivity contribution >= 4 is 35.4 Å². The van der Waals surface area contributed by atoms with Gasteiger partial charge in [0.25, 0.3) is 11.6 Å². The topological polar surface area (TPSA) is 111 Å². The van der Waals surface area contributed by atoms with E-state index in [1.54, 1.807) is 42.5 Å². The van der Waals surface area contributed by atoms with Crippen molar-refractivity contribution in [3.05, 3.63) is 105 Å². The van der Waals surface area contributed by atoms with Crippen LogP contribution in [0.1, 0.15) is 26.3 Å². The summed E-state index contributed by atoms with van der Waals surface area (Å²) in [5.74, 6) is -0.700. The number of benzene rings is 3. The molecule has 0 unspecified atom stereocenters. The first-order valence-electron chi connectivity index (χ1n) is 8.58. The molecular formula is C21H14ClN3O5. The van der Waals surface area contributed by atoms with E-state index in [4.69, 9.17) is 16.3 Å². The van der Waals surface area contributed by atoms with Gasteiger partial charge in [0.1, 0.15) is 5.75 Å². The van der Waals surface area contributed by atoms with Gasteiger partial charge in [0.2, 0.25) is 0 Å². The number of carbonyl (C=O) groups is 2. The molecule has 150 valence electrons. The van der Waals surface area contributed by atoms with Gasteiger partial charge in [0.05, 0.1) is 16.7 Å². The molecule has 1 amide bonds. The smallest absolute Gasteiger partial charge is 0.343 e. The fourth-order valence-electron chi connectivity index (χ4n) is 2.37. The quantitative estimate of drug-likeness (QED) is 0.210. The number of ether oxygens (including phenoxy) is 1. The van der Waals surface area contributed by atoms with Gasteiger partial charge in [-0.2, -0.15) is 5.10 Å². The highest BCUT2D eigenvalue weighted by atomic mass is 35.5. The van der Waals surface area contributed by atoms with Gasteiger partial charge in [-0.3, -0.25) is 14.9 Å². The molecule has 0 aliphatic carbocycles. The summed E-state index contributed by atoms with van der Waals surface area (Å²) in [6.07, 6.45) is 1.41. The number of hydrazone groups is 1. The Hall–Kier alpha value is -4.04. The van der Waals surface area contributed by atoms with E-state index >= 15 is 0 Å². The minimum Gasteiger partial charge on any atom is -0.423 e. The first kappa shape index (κ1) is 20.7. The Balaban J connectivity index is 1.56. The summed E-state index contributed by atoms with van der Waals surface area (Å²) in [4.78, 5) is 34.2. The van der Waals surface area contributed by atoms with Crippen LogP contribution in [0.25, 0.3) is 0 Å². The van der Waals surface area contributed by atoms with Crippen molar-refractivity contribution in [2.45, 2.75) is 0 Å². The maximum atomic E-state index is 12.1. The summed E-state index contributed by atoms with van der Waals surface area (Å²) in [5.41, 5.74) is 3.45. The van der Waals surface area contributed by atoms with E-state index in [9.17, 15) is 19.7 Å². The minimum atomic E-state index is -0.546. The fourth-order valence-corrected chi connectivity index (χ4v) is 2.56. The summed E-state index contributed by atoms with van der Waals surface area (Å²) in [5, 5.41) is 14.9. The lowest BCUT2D eigenvalue weighted by molar-refractivity contribution is -0.384. The molecule has 0 heterocycles. The van der Waals surface area contributed by atoms with Crippen LogP contribution in [-0.4, -0.2) is 23.0 Å². The van der Waals surface area contributed by atoms with E-state index in [1.165, 1.54) is 36.5 Å². The zero-order valence-electron chi connectivity index (χ0n) is 15.3. The van der Waals surface area contributed by atoms with Gasteiger partial charge in [-0.15, -0.1) is 0 Å².